The molecular weight excluding hydrogens is 919 g/mol. The number of para-hydroxylation sites is 1. The van der Waals surface area contributed by atoms with Crippen molar-refractivity contribution in [1.82, 2.24) is 0 Å². The Morgan fingerprint density at radius 3 is 1.39 bits per heavy atom. The van der Waals surface area contributed by atoms with Gasteiger partial charge in [0.25, 0.3) is 0 Å². The Labute approximate surface area is 440 Å². The Kier molecular flexibility index (Phi) is 10.2. The van der Waals surface area contributed by atoms with E-state index >= 15 is 0 Å². The van der Waals surface area contributed by atoms with Gasteiger partial charge in [-0.1, -0.05) is 231 Å². The van der Waals surface area contributed by atoms with Gasteiger partial charge in [-0.05, 0) is 159 Å². The number of hydrogen-bond acceptors (Lipinski definition) is 2. The second kappa shape index (κ2) is 17.9. The molecule has 2 heteroatoms. The standard InChI is InChI=1S/C74H47NO/c1-2-15-51(16-3-1)70-47-59-19-7-9-22-64(59)72-69-26-13-27-71(73(69)76-74(70)72)75(60-38-34-49(35-39-60)54-30-31-57-46-58(33-32-56(57)45-54)55-29-28-48-14-4-5-18-53(48)44-55)61-40-36-52(37-41-61)63-42-43-68(67-24-11-10-23-65(63)67)66-25-12-20-50-17-6-8-21-62(50)66/h1-47H. The number of furan rings is 1. The molecule has 0 saturated carbocycles. The molecule has 0 N–H and O–H groups in total. The number of hydrogen-bond donors (Lipinski definition) is 0. The summed E-state index contributed by atoms with van der Waals surface area (Å²) in [4.78, 5) is 2.36. The van der Waals surface area contributed by atoms with Crippen molar-refractivity contribution in [3.63, 3.8) is 0 Å². The maximum atomic E-state index is 7.26. The molecule has 0 atom stereocenters. The Bertz CT molecular complexity index is 4740. The molecule has 0 fully saturated rings. The summed E-state index contributed by atoms with van der Waals surface area (Å²) in [6.45, 7) is 0. The molecule has 0 unspecified atom stereocenters. The highest BCUT2D eigenvalue weighted by molar-refractivity contribution is 6.24. The van der Waals surface area contributed by atoms with Crippen LogP contribution < -0.4 is 4.90 Å². The molecule has 1 heterocycles. The topological polar surface area (TPSA) is 16.4 Å². The molecule has 15 rings (SSSR count). The zero-order chi connectivity index (χ0) is 50.1. The van der Waals surface area contributed by atoms with Crippen molar-refractivity contribution in [2.24, 2.45) is 0 Å². The first-order valence-corrected chi connectivity index (χ1v) is 26.1. The van der Waals surface area contributed by atoms with Gasteiger partial charge in [-0.2, -0.15) is 0 Å². The summed E-state index contributed by atoms with van der Waals surface area (Å²) in [5.41, 5.74) is 16.6. The van der Waals surface area contributed by atoms with E-state index < -0.39 is 0 Å². The van der Waals surface area contributed by atoms with Gasteiger partial charge in [-0.25, -0.2) is 0 Å². The molecule has 0 aliphatic heterocycles. The normalized spacial score (nSPS) is 11.7. The smallest absolute Gasteiger partial charge is 0.159 e. The number of fused-ring (bicyclic) bond motifs is 9. The van der Waals surface area contributed by atoms with Crippen molar-refractivity contribution >= 4 is 92.9 Å². The first-order chi connectivity index (χ1) is 37.7. The zero-order valence-corrected chi connectivity index (χ0v) is 41.5. The summed E-state index contributed by atoms with van der Waals surface area (Å²) in [5, 5.41) is 14.5. The molecule has 0 aliphatic carbocycles. The summed E-state index contributed by atoms with van der Waals surface area (Å²) >= 11 is 0. The summed E-state index contributed by atoms with van der Waals surface area (Å²) in [6.07, 6.45) is 0. The molecule has 1 aromatic heterocycles. The van der Waals surface area contributed by atoms with Crippen molar-refractivity contribution in [1.29, 1.82) is 0 Å². The lowest BCUT2D eigenvalue weighted by atomic mass is 9.90. The van der Waals surface area contributed by atoms with Gasteiger partial charge in [0.1, 0.15) is 5.58 Å². The van der Waals surface area contributed by atoms with E-state index in [1.807, 2.05) is 0 Å². The minimum Gasteiger partial charge on any atom is -0.453 e. The monoisotopic (exact) mass is 965 g/mol. The van der Waals surface area contributed by atoms with Crippen LogP contribution in [0.1, 0.15) is 0 Å². The number of nitrogens with zero attached hydrogens (tertiary/aromatic N) is 1. The largest absolute Gasteiger partial charge is 0.453 e. The lowest BCUT2D eigenvalue weighted by molar-refractivity contribution is 0.670. The van der Waals surface area contributed by atoms with Crippen LogP contribution in [0.25, 0.3) is 131 Å². The van der Waals surface area contributed by atoms with E-state index in [2.05, 4.69) is 290 Å². The van der Waals surface area contributed by atoms with Gasteiger partial charge in [-0.3, -0.25) is 0 Å². The molecule has 0 aliphatic rings. The Hall–Kier alpha value is -10.0. The van der Waals surface area contributed by atoms with Crippen molar-refractivity contribution in [3.05, 3.63) is 285 Å². The van der Waals surface area contributed by atoms with Gasteiger partial charge in [0.2, 0.25) is 0 Å². The molecule has 0 amide bonds. The van der Waals surface area contributed by atoms with Gasteiger partial charge in [0.05, 0.1) is 5.69 Å². The summed E-state index contributed by atoms with van der Waals surface area (Å²) < 4.78 is 7.26. The minimum atomic E-state index is 0.840. The molecule has 14 aromatic carbocycles. The predicted octanol–water partition coefficient (Wildman–Crippen LogP) is 21.2. The summed E-state index contributed by atoms with van der Waals surface area (Å²) in [6, 6.07) is 104. The van der Waals surface area contributed by atoms with E-state index in [9.17, 15) is 0 Å². The van der Waals surface area contributed by atoms with E-state index in [-0.39, 0.29) is 0 Å². The van der Waals surface area contributed by atoms with Crippen molar-refractivity contribution in [3.8, 4) is 55.6 Å². The Balaban J connectivity index is 0.852. The molecule has 76 heavy (non-hydrogen) atoms. The quantitative estimate of drug-likeness (QED) is 0.151. The highest BCUT2D eigenvalue weighted by atomic mass is 16.3. The van der Waals surface area contributed by atoms with Gasteiger partial charge < -0.3 is 9.32 Å². The minimum absolute atomic E-state index is 0.840. The van der Waals surface area contributed by atoms with Gasteiger partial charge >= 0.3 is 0 Å². The number of benzene rings is 14. The second-order valence-electron chi connectivity index (χ2n) is 20.0. The molecule has 354 valence electrons. The van der Waals surface area contributed by atoms with E-state index in [1.165, 1.54) is 87.2 Å². The second-order valence-corrected chi connectivity index (χ2v) is 20.0. The van der Waals surface area contributed by atoms with Crippen molar-refractivity contribution in [2.75, 3.05) is 4.90 Å². The summed E-state index contributed by atoms with van der Waals surface area (Å²) in [5.74, 6) is 0. The number of rotatable bonds is 8. The van der Waals surface area contributed by atoms with Gasteiger partial charge in [0, 0.05) is 27.7 Å². The lowest BCUT2D eigenvalue weighted by Crippen LogP contribution is -2.10. The average Bonchev–Trinajstić information content (AvgIpc) is 3.97. The zero-order valence-electron chi connectivity index (χ0n) is 41.5. The highest BCUT2D eigenvalue weighted by Crippen LogP contribution is 2.48. The third kappa shape index (κ3) is 7.34. The molecule has 2 nitrogen and oxygen atoms in total. The fourth-order valence-corrected chi connectivity index (χ4v) is 11.9. The Morgan fingerprint density at radius 2 is 0.684 bits per heavy atom. The average molecular weight is 966 g/mol. The van der Waals surface area contributed by atoms with Crippen LogP contribution in [0.5, 0.6) is 0 Å². The summed E-state index contributed by atoms with van der Waals surface area (Å²) in [7, 11) is 0. The van der Waals surface area contributed by atoms with Crippen molar-refractivity contribution in [2.45, 2.75) is 0 Å². The first kappa shape index (κ1) is 43.6. The third-order valence-electron chi connectivity index (χ3n) is 15.6. The van der Waals surface area contributed by atoms with Crippen LogP contribution in [0.3, 0.4) is 0 Å². The predicted molar refractivity (Wildman–Crippen MR) is 323 cm³/mol. The van der Waals surface area contributed by atoms with E-state index in [4.69, 9.17) is 4.42 Å². The molecular formula is C74H47NO. The molecule has 15 aromatic rings. The molecule has 0 spiro atoms. The highest BCUT2D eigenvalue weighted by Gasteiger charge is 2.23. The Morgan fingerprint density at radius 1 is 0.224 bits per heavy atom. The van der Waals surface area contributed by atoms with Crippen LogP contribution in [0.15, 0.2) is 290 Å². The SMILES string of the molecule is c1ccc(-c2cc3ccccc3c3c2oc2c(N(c4ccc(-c5ccc6cc(-c7ccc8ccccc8c7)ccc6c5)cc4)c4ccc(-c5ccc(-c6cccc7ccccc67)c6ccccc56)cc4)cccc23)cc1. The molecule has 0 saturated heterocycles. The van der Waals surface area contributed by atoms with E-state index in [0.29, 0.717) is 0 Å². The molecule has 0 bridgehead atoms. The fraction of sp³-hybridized carbons (Fsp3) is 0. The van der Waals surface area contributed by atoms with E-state index in [1.54, 1.807) is 0 Å². The van der Waals surface area contributed by atoms with Crippen LogP contribution >= 0.6 is 0 Å². The first-order valence-electron chi connectivity index (χ1n) is 26.1. The van der Waals surface area contributed by atoms with Gasteiger partial charge in [0.15, 0.2) is 5.58 Å². The maximum Gasteiger partial charge on any atom is 0.159 e. The third-order valence-corrected chi connectivity index (χ3v) is 15.6. The van der Waals surface area contributed by atoms with Crippen LogP contribution in [0, 0.1) is 0 Å². The van der Waals surface area contributed by atoms with Gasteiger partial charge in [-0.15, -0.1) is 0 Å². The number of anilines is 3. The van der Waals surface area contributed by atoms with Crippen molar-refractivity contribution < 1.29 is 4.42 Å². The fourth-order valence-electron chi connectivity index (χ4n) is 11.9. The van der Waals surface area contributed by atoms with Crippen LogP contribution in [0.2, 0.25) is 0 Å². The van der Waals surface area contributed by atoms with Crippen LogP contribution in [-0.4, -0.2) is 0 Å². The van der Waals surface area contributed by atoms with Crippen LogP contribution in [0.4, 0.5) is 17.1 Å². The lowest BCUT2D eigenvalue weighted by Gasteiger charge is -2.26. The van der Waals surface area contributed by atoms with Crippen LogP contribution in [-0.2, 0) is 0 Å². The molecule has 0 radical (unpaired) electrons. The maximum absolute atomic E-state index is 7.26. The van der Waals surface area contributed by atoms with E-state index in [0.717, 1.165) is 61.3 Å².